The number of hydrogen-bond acceptors (Lipinski definition) is 6. The molecule has 0 aliphatic carbocycles. The summed E-state index contributed by atoms with van der Waals surface area (Å²) in [5.74, 6) is -2.30. The molecule has 2 saturated heterocycles. The minimum absolute atomic E-state index is 0.00311. The maximum atomic E-state index is 14.6. The van der Waals surface area contributed by atoms with E-state index in [1.807, 2.05) is 61.2 Å². The van der Waals surface area contributed by atoms with E-state index >= 15 is 0 Å². The number of aliphatic hydroxyl groups is 1. The minimum Gasteiger partial charge on any atom is -0.465 e. The first kappa shape index (κ1) is 27.0. The van der Waals surface area contributed by atoms with Gasteiger partial charge >= 0.3 is 5.97 Å². The van der Waals surface area contributed by atoms with Crippen LogP contribution in [0.4, 0.5) is 0 Å². The first-order valence-corrected chi connectivity index (χ1v) is 14.6. The number of rotatable bonds is 6. The van der Waals surface area contributed by atoms with Crippen LogP contribution in [0.2, 0.25) is 0 Å². The van der Waals surface area contributed by atoms with Crippen LogP contribution < -0.4 is 0 Å². The molecule has 5 rings (SSSR count). The van der Waals surface area contributed by atoms with E-state index in [1.165, 1.54) is 0 Å². The zero-order chi connectivity index (χ0) is 27.1. The number of carbonyl (C=O) groups excluding carboxylic acids is 3. The lowest BCUT2D eigenvalue weighted by Gasteiger charge is -2.41. The van der Waals surface area contributed by atoms with E-state index in [0.717, 1.165) is 31.2 Å². The number of amides is 2. The second-order valence-corrected chi connectivity index (χ2v) is 12.9. The number of thioether (sulfide) groups is 1. The van der Waals surface area contributed by atoms with E-state index in [-0.39, 0.29) is 30.4 Å². The Balaban J connectivity index is 1.69. The van der Waals surface area contributed by atoms with Crippen molar-refractivity contribution in [2.75, 3.05) is 19.8 Å². The maximum absolute atomic E-state index is 14.6. The van der Waals surface area contributed by atoms with E-state index in [0.29, 0.717) is 13.2 Å². The predicted octanol–water partition coefficient (Wildman–Crippen LogP) is 3.89. The summed E-state index contributed by atoms with van der Waals surface area (Å²) in [6, 6.07) is 7.80. The van der Waals surface area contributed by atoms with E-state index in [1.54, 1.807) is 16.7 Å². The van der Waals surface area contributed by atoms with E-state index in [9.17, 15) is 19.5 Å². The number of cyclic esters (lactones) is 1. The summed E-state index contributed by atoms with van der Waals surface area (Å²) in [5, 5.41) is 10.6. The molecule has 7 atom stereocenters. The third kappa shape index (κ3) is 4.20. The second-order valence-electron chi connectivity index (χ2n) is 11.1. The van der Waals surface area contributed by atoms with Crippen molar-refractivity contribution in [3.63, 3.8) is 0 Å². The van der Waals surface area contributed by atoms with Crippen LogP contribution in [0.5, 0.6) is 0 Å². The summed E-state index contributed by atoms with van der Waals surface area (Å²) < 4.78 is 4.03. The Bertz CT molecular complexity index is 1140. The number of fused-ring (bicyclic) bond motifs is 2. The van der Waals surface area contributed by atoms with Gasteiger partial charge in [-0.15, -0.1) is 11.8 Å². The lowest BCUT2D eigenvalue weighted by atomic mass is 9.74. The zero-order valence-corrected chi connectivity index (χ0v) is 23.2. The van der Waals surface area contributed by atoms with Crippen LogP contribution in [0, 0.1) is 11.8 Å². The molecule has 0 bridgehead atoms. The van der Waals surface area contributed by atoms with Gasteiger partial charge in [0.25, 0.3) is 0 Å². The van der Waals surface area contributed by atoms with E-state index in [4.69, 9.17) is 4.74 Å². The molecule has 4 aliphatic heterocycles. The standard InChI is InChI=1S/C30H38N2O5S/c1-4-12-20(2)31-17-11-16-30-23(24-28(36)37-18-10-6-9-15-29(24,3)38-30)26(34)32(25(30)27(31)35)22(19-33)21-13-7-5-8-14-21/h5,7-9,11,13-16,20,22-25,33H,4,6,10,12,17-19H2,1-3H3/b15-9-/t20?,22-,23+,24+,25?,29-,30+/m1/s1. The van der Waals surface area contributed by atoms with Crippen LogP contribution in [-0.2, 0) is 19.1 Å². The van der Waals surface area contributed by atoms with Crippen molar-refractivity contribution in [1.82, 2.24) is 9.80 Å². The Hall–Kier alpha value is -2.58. The SMILES string of the molecule is CCCC(C)N1CC=C[C@]23S[C@]4(C)/C=C\CCCOC(=O)[C@@H]4[C@H]2C(=O)N([C@H](CO)c2ccccc2)C3C1=O. The number of likely N-dealkylation sites (tertiary alicyclic amines) is 1. The van der Waals surface area contributed by atoms with Crippen molar-refractivity contribution in [3.8, 4) is 0 Å². The average molecular weight is 539 g/mol. The van der Waals surface area contributed by atoms with Crippen LogP contribution >= 0.6 is 11.8 Å². The number of carbonyl (C=O) groups is 3. The van der Waals surface area contributed by atoms with Gasteiger partial charge in [0.05, 0.1) is 35.8 Å². The Morgan fingerprint density at radius 2 is 1.87 bits per heavy atom. The van der Waals surface area contributed by atoms with Crippen molar-refractivity contribution < 1.29 is 24.2 Å². The summed E-state index contributed by atoms with van der Waals surface area (Å²) in [7, 11) is 0. The second kappa shape index (κ2) is 10.5. The topological polar surface area (TPSA) is 87.2 Å². The molecule has 2 fully saturated rings. The fourth-order valence-electron chi connectivity index (χ4n) is 6.93. The van der Waals surface area contributed by atoms with Crippen LogP contribution in [0.15, 0.2) is 54.6 Å². The highest BCUT2D eigenvalue weighted by Crippen LogP contribution is 2.66. The molecular formula is C30H38N2O5S. The fraction of sp³-hybridized carbons (Fsp3) is 0.567. The van der Waals surface area contributed by atoms with Gasteiger partial charge in [0, 0.05) is 17.3 Å². The van der Waals surface area contributed by atoms with Crippen LogP contribution in [0.25, 0.3) is 0 Å². The summed E-state index contributed by atoms with van der Waals surface area (Å²) in [6.45, 7) is 6.57. The Kier molecular flexibility index (Phi) is 7.48. The number of hydrogen-bond donors (Lipinski definition) is 1. The average Bonchev–Trinajstić information content (AvgIpc) is 3.25. The summed E-state index contributed by atoms with van der Waals surface area (Å²) in [5.41, 5.74) is 0.761. The molecule has 8 heteroatoms. The number of ether oxygens (including phenoxy) is 1. The van der Waals surface area contributed by atoms with Gasteiger partial charge in [-0.3, -0.25) is 14.4 Å². The quantitative estimate of drug-likeness (QED) is 0.437. The van der Waals surface area contributed by atoms with Crippen LogP contribution in [-0.4, -0.2) is 74.0 Å². The first-order chi connectivity index (χ1) is 18.3. The lowest BCUT2D eigenvalue weighted by Crippen LogP contribution is -2.56. The van der Waals surface area contributed by atoms with Gasteiger partial charge in [-0.2, -0.15) is 0 Å². The molecule has 1 N–H and O–H groups in total. The summed E-state index contributed by atoms with van der Waals surface area (Å²) in [6.07, 6.45) is 11.5. The lowest BCUT2D eigenvalue weighted by molar-refractivity contribution is -0.154. The summed E-state index contributed by atoms with van der Waals surface area (Å²) >= 11 is 1.54. The van der Waals surface area contributed by atoms with E-state index < -0.39 is 33.4 Å². The molecule has 0 aromatic heterocycles. The number of nitrogens with zero attached hydrogens (tertiary/aromatic N) is 2. The van der Waals surface area contributed by atoms with Gasteiger partial charge in [0.1, 0.15) is 6.04 Å². The zero-order valence-electron chi connectivity index (χ0n) is 22.4. The van der Waals surface area contributed by atoms with Gasteiger partial charge in [-0.05, 0) is 38.7 Å². The van der Waals surface area contributed by atoms with Crippen molar-refractivity contribution in [2.45, 2.75) is 74.1 Å². The molecule has 1 aromatic rings. The molecule has 4 heterocycles. The highest BCUT2D eigenvalue weighted by Gasteiger charge is 2.74. The first-order valence-electron chi connectivity index (χ1n) is 13.8. The maximum Gasteiger partial charge on any atom is 0.311 e. The summed E-state index contributed by atoms with van der Waals surface area (Å²) in [4.78, 5) is 46.2. The third-order valence-electron chi connectivity index (χ3n) is 8.65. The molecule has 4 aliphatic rings. The molecule has 2 amide bonds. The Morgan fingerprint density at radius 3 is 2.58 bits per heavy atom. The molecule has 1 spiro atoms. The van der Waals surface area contributed by atoms with Gasteiger partial charge in [0.15, 0.2) is 0 Å². The molecule has 38 heavy (non-hydrogen) atoms. The Morgan fingerprint density at radius 1 is 1.11 bits per heavy atom. The van der Waals surface area contributed by atoms with Gasteiger partial charge in [-0.25, -0.2) is 0 Å². The van der Waals surface area contributed by atoms with Crippen molar-refractivity contribution >= 4 is 29.5 Å². The van der Waals surface area contributed by atoms with Gasteiger partial charge in [0.2, 0.25) is 11.8 Å². The van der Waals surface area contributed by atoms with Crippen molar-refractivity contribution in [3.05, 3.63) is 60.2 Å². The molecule has 2 unspecified atom stereocenters. The predicted molar refractivity (Wildman–Crippen MR) is 147 cm³/mol. The van der Waals surface area contributed by atoms with Gasteiger partial charge < -0.3 is 19.6 Å². The Labute approximate surface area is 229 Å². The minimum atomic E-state index is -0.959. The highest BCUT2D eigenvalue weighted by molar-refractivity contribution is 8.02. The normalized spacial score (nSPS) is 35.3. The molecule has 1 aromatic carbocycles. The van der Waals surface area contributed by atoms with Crippen molar-refractivity contribution in [1.29, 1.82) is 0 Å². The fourth-order valence-corrected chi connectivity index (χ4v) is 9.07. The molecular weight excluding hydrogens is 500 g/mol. The van der Waals surface area contributed by atoms with Crippen molar-refractivity contribution in [2.24, 2.45) is 11.8 Å². The molecule has 0 radical (unpaired) electrons. The van der Waals surface area contributed by atoms with Crippen LogP contribution in [0.1, 0.15) is 58.1 Å². The number of aliphatic hydroxyl groups excluding tert-OH is 1. The highest BCUT2D eigenvalue weighted by atomic mass is 32.2. The molecule has 204 valence electrons. The third-order valence-corrected chi connectivity index (χ3v) is 10.4. The largest absolute Gasteiger partial charge is 0.465 e. The number of benzene rings is 1. The van der Waals surface area contributed by atoms with Crippen LogP contribution in [0.3, 0.4) is 0 Å². The number of allylic oxidation sites excluding steroid dienone is 1. The molecule has 7 nitrogen and oxygen atoms in total. The number of esters is 1. The van der Waals surface area contributed by atoms with Gasteiger partial charge in [-0.1, -0.05) is 68.0 Å². The molecule has 0 saturated carbocycles. The smallest absolute Gasteiger partial charge is 0.311 e. The monoisotopic (exact) mass is 538 g/mol. The van der Waals surface area contributed by atoms with E-state index in [2.05, 4.69) is 19.1 Å².